The predicted octanol–water partition coefficient (Wildman–Crippen LogP) is 3.19. The average molecular weight is 275 g/mol. The molecular formula is C16H21NO3. The number of benzene rings is 1. The van der Waals surface area contributed by atoms with Crippen LogP contribution in [-0.4, -0.2) is 20.8 Å². The summed E-state index contributed by atoms with van der Waals surface area (Å²) >= 11 is 0. The summed E-state index contributed by atoms with van der Waals surface area (Å²) in [5.74, 6) is 2.62. The number of furan rings is 1. The van der Waals surface area contributed by atoms with Gasteiger partial charge in [0, 0.05) is 18.0 Å². The molecule has 1 aromatic carbocycles. The molecule has 0 aliphatic heterocycles. The molecule has 0 fully saturated rings. The van der Waals surface area contributed by atoms with Crippen LogP contribution in [0.4, 0.5) is 0 Å². The summed E-state index contributed by atoms with van der Waals surface area (Å²) in [5.41, 5.74) is 1.07. The minimum Gasteiger partial charge on any atom is -0.497 e. The number of rotatable bonds is 7. The molecule has 1 aromatic heterocycles. The molecule has 4 nitrogen and oxygen atoms in total. The Hall–Kier alpha value is -1.94. The molecule has 0 bridgehead atoms. The second-order valence-electron chi connectivity index (χ2n) is 4.50. The van der Waals surface area contributed by atoms with Crippen molar-refractivity contribution in [3.63, 3.8) is 0 Å². The fourth-order valence-corrected chi connectivity index (χ4v) is 2.28. The van der Waals surface area contributed by atoms with Crippen molar-refractivity contribution in [2.45, 2.75) is 19.4 Å². The highest BCUT2D eigenvalue weighted by Gasteiger charge is 2.18. The zero-order valence-electron chi connectivity index (χ0n) is 12.2. The van der Waals surface area contributed by atoms with Gasteiger partial charge < -0.3 is 19.2 Å². The Morgan fingerprint density at radius 3 is 2.65 bits per heavy atom. The van der Waals surface area contributed by atoms with Crippen LogP contribution in [0, 0.1) is 0 Å². The number of likely N-dealkylation sites (N-methyl/N-ethyl adjacent to an activating group) is 1. The third kappa shape index (κ3) is 3.33. The lowest BCUT2D eigenvalue weighted by molar-refractivity contribution is 0.384. The summed E-state index contributed by atoms with van der Waals surface area (Å²) in [6, 6.07) is 9.85. The van der Waals surface area contributed by atoms with Crippen molar-refractivity contribution >= 4 is 0 Å². The monoisotopic (exact) mass is 275 g/mol. The molecule has 1 N–H and O–H groups in total. The maximum atomic E-state index is 5.47. The lowest BCUT2D eigenvalue weighted by Crippen LogP contribution is -2.23. The zero-order valence-corrected chi connectivity index (χ0v) is 12.2. The lowest BCUT2D eigenvalue weighted by atomic mass is 10.0. The molecule has 0 aliphatic rings. The fourth-order valence-electron chi connectivity index (χ4n) is 2.28. The van der Waals surface area contributed by atoms with Gasteiger partial charge in [-0.1, -0.05) is 6.92 Å². The summed E-state index contributed by atoms with van der Waals surface area (Å²) in [4.78, 5) is 0. The highest BCUT2D eigenvalue weighted by molar-refractivity contribution is 5.42. The number of methoxy groups -OCH3 is 2. The molecule has 1 unspecified atom stereocenters. The van der Waals surface area contributed by atoms with Gasteiger partial charge in [0.05, 0.1) is 20.5 Å². The molecule has 2 aromatic rings. The molecule has 0 aliphatic carbocycles. The topological polar surface area (TPSA) is 43.6 Å². The van der Waals surface area contributed by atoms with E-state index >= 15 is 0 Å². The Morgan fingerprint density at radius 2 is 2.05 bits per heavy atom. The number of hydrogen-bond acceptors (Lipinski definition) is 4. The van der Waals surface area contributed by atoms with Crippen LogP contribution in [-0.2, 0) is 6.42 Å². The Kier molecular flexibility index (Phi) is 5.07. The molecule has 1 heterocycles. The van der Waals surface area contributed by atoms with Crippen LogP contribution in [0.1, 0.15) is 24.3 Å². The standard InChI is InChI=1S/C16H21NO3/c1-4-17-15(11-13-6-5-9-20-13)14-10-12(18-2)7-8-16(14)19-3/h5-10,15,17H,4,11H2,1-3H3. The Labute approximate surface area is 119 Å². The molecule has 0 spiro atoms. The summed E-state index contributed by atoms with van der Waals surface area (Å²) in [7, 11) is 3.35. The van der Waals surface area contributed by atoms with Gasteiger partial charge in [0.1, 0.15) is 17.3 Å². The Bertz CT molecular complexity index is 523. The first-order chi connectivity index (χ1) is 9.78. The second kappa shape index (κ2) is 7.01. The fraction of sp³-hybridized carbons (Fsp3) is 0.375. The molecule has 4 heteroatoms. The highest BCUT2D eigenvalue weighted by Crippen LogP contribution is 2.31. The minimum absolute atomic E-state index is 0.121. The Balaban J connectivity index is 2.31. The van der Waals surface area contributed by atoms with E-state index in [0.717, 1.165) is 35.8 Å². The largest absolute Gasteiger partial charge is 0.497 e. The van der Waals surface area contributed by atoms with Crippen molar-refractivity contribution in [1.82, 2.24) is 5.32 Å². The van der Waals surface area contributed by atoms with Gasteiger partial charge in [-0.25, -0.2) is 0 Å². The summed E-state index contributed by atoms with van der Waals surface area (Å²) in [5, 5.41) is 3.47. The third-order valence-corrected chi connectivity index (χ3v) is 3.25. The van der Waals surface area contributed by atoms with Crippen LogP contribution in [0.2, 0.25) is 0 Å². The van der Waals surface area contributed by atoms with Gasteiger partial charge in [0.25, 0.3) is 0 Å². The molecule has 0 saturated heterocycles. The quantitative estimate of drug-likeness (QED) is 0.842. The van der Waals surface area contributed by atoms with E-state index in [-0.39, 0.29) is 6.04 Å². The molecule has 0 amide bonds. The van der Waals surface area contributed by atoms with Crippen molar-refractivity contribution in [2.24, 2.45) is 0 Å². The van der Waals surface area contributed by atoms with E-state index < -0.39 is 0 Å². The molecule has 20 heavy (non-hydrogen) atoms. The van der Waals surface area contributed by atoms with Crippen molar-refractivity contribution in [3.05, 3.63) is 47.9 Å². The first-order valence-corrected chi connectivity index (χ1v) is 6.76. The van der Waals surface area contributed by atoms with Crippen molar-refractivity contribution in [1.29, 1.82) is 0 Å². The number of nitrogens with one attached hydrogen (secondary N) is 1. The van der Waals surface area contributed by atoms with Crippen LogP contribution in [0.3, 0.4) is 0 Å². The molecule has 2 rings (SSSR count). The normalized spacial score (nSPS) is 12.2. The molecule has 0 radical (unpaired) electrons. The molecular weight excluding hydrogens is 254 g/mol. The van der Waals surface area contributed by atoms with Crippen molar-refractivity contribution < 1.29 is 13.9 Å². The van der Waals surface area contributed by atoms with Gasteiger partial charge in [-0.3, -0.25) is 0 Å². The van der Waals surface area contributed by atoms with Gasteiger partial charge in [-0.2, -0.15) is 0 Å². The first-order valence-electron chi connectivity index (χ1n) is 6.76. The van der Waals surface area contributed by atoms with E-state index in [9.17, 15) is 0 Å². The van der Waals surface area contributed by atoms with E-state index in [1.54, 1.807) is 20.5 Å². The Morgan fingerprint density at radius 1 is 1.20 bits per heavy atom. The van der Waals surface area contributed by atoms with Crippen LogP contribution in [0.5, 0.6) is 11.5 Å². The van der Waals surface area contributed by atoms with E-state index in [0.29, 0.717) is 0 Å². The van der Waals surface area contributed by atoms with E-state index in [1.807, 2.05) is 30.3 Å². The predicted molar refractivity (Wildman–Crippen MR) is 78.4 cm³/mol. The van der Waals surface area contributed by atoms with Crippen LogP contribution >= 0.6 is 0 Å². The number of ether oxygens (including phenoxy) is 2. The average Bonchev–Trinajstić information content (AvgIpc) is 2.99. The van der Waals surface area contributed by atoms with E-state index in [4.69, 9.17) is 13.9 Å². The third-order valence-electron chi connectivity index (χ3n) is 3.25. The van der Waals surface area contributed by atoms with E-state index in [2.05, 4.69) is 12.2 Å². The van der Waals surface area contributed by atoms with Crippen molar-refractivity contribution in [2.75, 3.05) is 20.8 Å². The van der Waals surface area contributed by atoms with E-state index in [1.165, 1.54) is 0 Å². The van der Waals surface area contributed by atoms with Gasteiger partial charge in [0.2, 0.25) is 0 Å². The van der Waals surface area contributed by atoms with Crippen LogP contribution < -0.4 is 14.8 Å². The van der Waals surface area contributed by atoms with Crippen molar-refractivity contribution in [3.8, 4) is 11.5 Å². The zero-order chi connectivity index (χ0) is 14.4. The molecule has 1 atom stereocenters. The summed E-state index contributed by atoms with van der Waals surface area (Å²) < 4.78 is 16.2. The smallest absolute Gasteiger partial charge is 0.123 e. The number of hydrogen-bond donors (Lipinski definition) is 1. The first kappa shape index (κ1) is 14.5. The lowest BCUT2D eigenvalue weighted by Gasteiger charge is -2.20. The summed E-state index contributed by atoms with van der Waals surface area (Å²) in [6.07, 6.45) is 2.46. The van der Waals surface area contributed by atoms with Gasteiger partial charge >= 0.3 is 0 Å². The maximum absolute atomic E-state index is 5.47. The van der Waals surface area contributed by atoms with Crippen LogP contribution in [0.25, 0.3) is 0 Å². The second-order valence-corrected chi connectivity index (χ2v) is 4.50. The van der Waals surface area contributed by atoms with Crippen LogP contribution in [0.15, 0.2) is 41.0 Å². The minimum atomic E-state index is 0.121. The molecule has 0 saturated carbocycles. The molecule has 108 valence electrons. The summed E-state index contributed by atoms with van der Waals surface area (Å²) in [6.45, 7) is 2.95. The SMILES string of the molecule is CCNC(Cc1ccco1)c1cc(OC)ccc1OC. The maximum Gasteiger partial charge on any atom is 0.123 e. The highest BCUT2D eigenvalue weighted by atomic mass is 16.5. The van der Waals surface area contributed by atoms with Gasteiger partial charge in [-0.15, -0.1) is 0 Å². The van der Waals surface area contributed by atoms with Gasteiger partial charge in [-0.05, 0) is 36.9 Å². The van der Waals surface area contributed by atoms with Gasteiger partial charge in [0.15, 0.2) is 0 Å².